The Morgan fingerprint density at radius 2 is 2.56 bits per heavy atom. The number of nitrogens with zero attached hydrogens (tertiary/aromatic N) is 2. The molecule has 1 aliphatic heterocycles. The number of fused-ring (bicyclic) bond motifs is 1. The summed E-state index contributed by atoms with van der Waals surface area (Å²) in [6, 6.07) is 0. The molecule has 0 amide bonds. The van der Waals surface area contributed by atoms with Gasteiger partial charge < -0.3 is 4.57 Å². The lowest BCUT2D eigenvalue weighted by Gasteiger charge is -2.11. The number of hydrogen-bond acceptors (Lipinski definition) is 1. The van der Waals surface area contributed by atoms with E-state index in [1.165, 1.54) is 18.7 Å². The molecular weight excluding hydrogens is 112 g/mol. The SMILES string of the molecule is [c]1cnc2n1CCCC2. The fraction of sp³-hybridized carbons (Fsp3) is 0.571. The third-order valence-electron chi connectivity index (χ3n) is 1.77. The smallest absolute Gasteiger partial charge is 0.109 e. The van der Waals surface area contributed by atoms with Crippen molar-refractivity contribution >= 4 is 0 Å². The van der Waals surface area contributed by atoms with Crippen molar-refractivity contribution < 1.29 is 0 Å². The van der Waals surface area contributed by atoms with Gasteiger partial charge in [0, 0.05) is 13.0 Å². The molecule has 1 aromatic heterocycles. The molecule has 1 radical (unpaired) electrons. The van der Waals surface area contributed by atoms with Gasteiger partial charge in [-0.3, -0.25) is 0 Å². The van der Waals surface area contributed by atoms with E-state index in [0.29, 0.717) is 0 Å². The van der Waals surface area contributed by atoms with Crippen molar-refractivity contribution in [3.63, 3.8) is 0 Å². The first-order valence-corrected chi connectivity index (χ1v) is 3.39. The second-order valence-corrected chi connectivity index (χ2v) is 2.41. The molecule has 0 atom stereocenters. The molecule has 0 N–H and O–H groups in total. The Balaban J connectivity index is 2.39. The Bertz CT molecular complexity index is 182. The van der Waals surface area contributed by atoms with Crippen molar-refractivity contribution in [1.82, 2.24) is 9.55 Å². The summed E-state index contributed by atoms with van der Waals surface area (Å²) in [5.74, 6) is 1.21. The summed E-state index contributed by atoms with van der Waals surface area (Å²) in [5, 5.41) is 0. The molecule has 2 heterocycles. The first-order chi connectivity index (χ1) is 4.47. The highest BCUT2D eigenvalue weighted by atomic mass is 15.1. The van der Waals surface area contributed by atoms with E-state index in [-0.39, 0.29) is 0 Å². The summed E-state index contributed by atoms with van der Waals surface area (Å²) in [5.41, 5.74) is 0. The number of imidazole rings is 1. The van der Waals surface area contributed by atoms with Crippen LogP contribution < -0.4 is 0 Å². The monoisotopic (exact) mass is 121 g/mol. The minimum Gasteiger partial charge on any atom is -0.327 e. The highest BCUT2D eigenvalue weighted by Gasteiger charge is 2.07. The summed E-state index contributed by atoms with van der Waals surface area (Å²) in [4.78, 5) is 4.16. The van der Waals surface area contributed by atoms with Gasteiger partial charge >= 0.3 is 0 Å². The summed E-state index contributed by atoms with van der Waals surface area (Å²) >= 11 is 0. The van der Waals surface area contributed by atoms with E-state index >= 15 is 0 Å². The van der Waals surface area contributed by atoms with Crippen molar-refractivity contribution in [1.29, 1.82) is 0 Å². The topological polar surface area (TPSA) is 17.8 Å². The quantitative estimate of drug-likeness (QED) is 0.501. The molecule has 2 nitrogen and oxygen atoms in total. The van der Waals surface area contributed by atoms with Gasteiger partial charge in [-0.1, -0.05) is 0 Å². The molecule has 2 heteroatoms. The number of aromatic nitrogens is 2. The van der Waals surface area contributed by atoms with Crippen LogP contribution in [0.4, 0.5) is 0 Å². The Morgan fingerprint density at radius 1 is 1.56 bits per heavy atom. The van der Waals surface area contributed by atoms with Gasteiger partial charge in [0.25, 0.3) is 0 Å². The number of hydrogen-bond donors (Lipinski definition) is 0. The van der Waals surface area contributed by atoms with E-state index in [4.69, 9.17) is 0 Å². The lowest BCUT2D eigenvalue weighted by molar-refractivity contribution is 0.520. The lowest BCUT2D eigenvalue weighted by atomic mass is 10.2. The third kappa shape index (κ3) is 0.745. The largest absolute Gasteiger partial charge is 0.327 e. The van der Waals surface area contributed by atoms with Gasteiger partial charge in [-0.15, -0.1) is 0 Å². The van der Waals surface area contributed by atoms with Crippen LogP contribution in [0.1, 0.15) is 18.7 Å². The van der Waals surface area contributed by atoms with E-state index < -0.39 is 0 Å². The van der Waals surface area contributed by atoms with Crippen molar-refractivity contribution in [3.05, 3.63) is 18.2 Å². The molecule has 0 bridgehead atoms. The van der Waals surface area contributed by atoms with Crippen LogP contribution in [-0.4, -0.2) is 9.55 Å². The molecule has 0 aliphatic carbocycles. The number of aryl methyl sites for hydroxylation is 2. The summed E-state index contributed by atoms with van der Waals surface area (Å²) in [7, 11) is 0. The average molecular weight is 121 g/mol. The van der Waals surface area contributed by atoms with Crippen LogP contribution in [0.5, 0.6) is 0 Å². The predicted molar refractivity (Wildman–Crippen MR) is 34.0 cm³/mol. The molecule has 1 aromatic rings. The van der Waals surface area contributed by atoms with Gasteiger partial charge in [-0.05, 0) is 12.8 Å². The molecule has 0 aromatic carbocycles. The Hall–Kier alpha value is -0.790. The van der Waals surface area contributed by atoms with E-state index in [1.54, 1.807) is 6.20 Å². The van der Waals surface area contributed by atoms with Crippen LogP contribution >= 0.6 is 0 Å². The molecule has 0 fully saturated rings. The van der Waals surface area contributed by atoms with E-state index in [1.807, 2.05) is 0 Å². The fourth-order valence-corrected chi connectivity index (χ4v) is 1.26. The van der Waals surface area contributed by atoms with Crippen LogP contribution in [-0.2, 0) is 13.0 Å². The van der Waals surface area contributed by atoms with Crippen LogP contribution in [0.15, 0.2) is 6.20 Å². The second-order valence-electron chi connectivity index (χ2n) is 2.41. The van der Waals surface area contributed by atoms with E-state index in [0.717, 1.165) is 13.0 Å². The summed E-state index contributed by atoms with van der Waals surface area (Å²) < 4.78 is 2.11. The summed E-state index contributed by atoms with van der Waals surface area (Å²) in [6.45, 7) is 1.12. The zero-order valence-electron chi connectivity index (χ0n) is 5.30. The maximum Gasteiger partial charge on any atom is 0.109 e. The highest BCUT2D eigenvalue weighted by molar-refractivity contribution is 4.93. The van der Waals surface area contributed by atoms with Gasteiger partial charge in [0.05, 0.1) is 12.4 Å². The number of rotatable bonds is 0. The molecule has 0 spiro atoms. The molecule has 9 heavy (non-hydrogen) atoms. The zero-order valence-corrected chi connectivity index (χ0v) is 5.30. The van der Waals surface area contributed by atoms with Crippen molar-refractivity contribution in [2.75, 3.05) is 0 Å². The van der Waals surface area contributed by atoms with E-state index in [2.05, 4.69) is 15.7 Å². The Kier molecular flexibility index (Phi) is 1.04. The van der Waals surface area contributed by atoms with Crippen LogP contribution in [0, 0.1) is 6.20 Å². The normalized spacial score (nSPS) is 17.3. The zero-order chi connectivity index (χ0) is 6.10. The third-order valence-corrected chi connectivity index (χ3v) is 1.77. The van der Waals surface area contributed by atoms with Crippen molar-refractivity contribution in [2.24, 2.45) is 0 Å². The molecular formula is C7H9N2. The second kappa shape index (κ2) is 1.87. The molecule has 2 rings (SSSR count). The van der Waals surface area contributed by atoms with Gasteiger partial charge in [-0.25, -0.2) is 4.98 Å². The first kappa shape index (κ1) is 5.03. The molecule has 0 saturated heterocycles. The van der Waals surface area contributed by atoms with Gasteiger partial charge in [-0.2, -0.15) is 0 Å². The standard InChI is InChI=1S/C7H9N2/c1-2-5-9-6-4-8-7(9)3-1/h4H,1-3,5H2. The maximum absolute atomic E-state index is 4.16. The van der Waals surface area contributed by atoms with Crippen LogP contribution in [0.3, 0.4) is 0 Å². The van der Waals surface area contributed by atoms with Gasteiger partial charge in [0.2, 0.25) is 0 Å². The van der Waals surface area contributed by atoms with Crippen molar-refractivity contribution in [3.8, 4) is 0 Å². The molecule has 0 unspecified atom stereocenters. The predicted octanol–water partition coefficient (Wildman–Crippen LogP) is 1.02. The van der Waals surface area contributed by atoms with E-state index in [9.17, 15) is 0 Å². The maximum atomic E-state index is 4.16. The molecule has 1 aliphatic rings. The Morgan fingerprint density at radius 3 is 3.44 bits per heavy atom. The fourth-order valence-electron chi connectivity index (χ4n) is 1.26. The minimum atomic E-state index is 1.12. The molecule has 0 saturated carbocycles. The van der Waals surface area contributed by atoms with Crippen LogP contribution in [0.25, 0.3) is 0 Å². The Labute approximate surface area is 54.5 Å². The van der Waals surface area contributed by atoms with Crippen LogP contribution in [0.2, 0.25) is 0 Å². The molecule has 47 valence electrons. The average Bonchev–Trinajstić information content (AvgIpc) is 2.33. The summed E-state index contributed by atoms with van der Waals surface area (Å²) in [6.07, 6.45) is 8.56. The van der Waals surface area contributed by atoms with Gasteiger partial charge in [0.15, 0.2) is 0 Å². The lowest BCUT2D eigenvalue weighted by Crippen LogP contribution is -2.09. The minimum absolute atomic E-state index is 1.12. The first-order valence-electron chi connectivity index (χ1n) is 3.39. The van der Waals surface area contributed by atoms with Crippen molar-refractivity contribution in [2.45, 2.75) is 25.8 Å². The van der Waals surface area contributed by atoms with Gasteiger partial charge in [0.1, 0.15) is 5.82 Å². The highest BCUT2D eigenvalue weighted by Crippen LogP contribution is 2.10.